The monoisotopic (exact) mass is 784 g/mol. The van der Waals surface area contributed by atoms with Crippen molar-refractivity contribution >= 4 is 17.9 Å². The first-order chi connectivity index (χ1) is 25.7. The molecule has 2 aliphatic heterocycles. The number of aliphatic carboxylic acids is 1. The van der Waals surface area contributed by atoms with Crippen LogP contribution in [0, 0.1) is 0 Å². The number of esters is 2. The van der Waals surface area contributed by atoms with Gasteiger partial charge >= 0.3 is 17.9 Å². The first kappa shape index (κ1) is 48.1. The number of ether oxygens (including phenoxy) is 6. The number of aliphatic hydroxyl groups is 8. The van der Waals surface area contributed by atoms with E-state index in [-0.39, 0.29) is 19.4 Å². The Balaban J connectivity index is 1.81. The third kappa shape index (κ3) is 17.4. The zero-order valence-corrected chi connectivity index (χ0v) is 31.4. The number of carbonyl (C=O) groups is 3. The highest BCUT2D eigenvalue weighted by molar-refractivity contribution is 5.71. The number of carboxylic acids is 1. The fourth-order valence-corrected chi connectivity index (χ4v) is 6.27. The minimum absolute atomic E-state index is 0.242. The van der Waals surface area contributed by atoms with Crippen molar-refractivity contribution in [2.24, 2.45) is 0 Å². The van der Waals surface area contributed by atoms with Gasteiger partial charge in [0.15, 0.2) is 18.7 Å². The molecule has 0 radical (unpaired) electrons. The summed E-state index contributed by atoms with van der Waals surface area (Å²) in [4.78, 5) is 34.4. The van der Waals surface area contributed by atoms with Crippen molar-refractivity contribution in [3.8, 4) is 0 Å². The van der Waals surface area contributed by atoms with E-state index in [1.54, 1.807) is 0 Å². The molecule has 0 aromatic carbocycles. The van der Waals surface area contributed by atoms with Crippen molar-refractivity contribution < 1.29 is 88.8 Å². The lowest BCUT2D eigenvalue weighted by atomic mass is 9.97. The average molecular weight is 785 g/mol. The number of carbonyl (C=O) groups excluding carboxylic acids is 2. The van der Waals surface area contributed by atoms with Gasteiger partial charge in [0.05, 0.1) is 25.2 Å². The molecule has 2 fully saturated rings. The highest BCUT2D eigenvalue weighted by Gasteiger charge is 2.51. The SMILES string of the molecule is CCC[C@H](O)CC(=O)OC[C@H]1O[C@@H](O[C@H]2[C@H](O)[C@@H](O)[C@H](OC[C@@H](O)CCCCCCCCCCCC[C@@H](O)C(=O)O)O[C@@H]2COC(C)=O)[C@H](O)[C@@H](O)[C@@H]1O. The van der Waals surface area contributed by atoms with Gasteiger partial charge in [-0.1, -0.05) is 77.6 Å². The summed E-state index contributed by atoms with van der Waals surface area (Å²) in [5.41, 5.74) is 0. The highest BCUT2D eigenvalue weighted by Crippen LogP contribution is 2.30. The molecule has 54 heavy (non-hydrogen) atoms. The van der Waals surface area contributed by atoms with Crippen LogP contribution in [0.25, 0.3) is 0 Å². The van der Waals surface area contributed by atoms with Crippen molar-refractivity contribution in [2.45, 2.75) is 190 Å². The lowest BCUT2D eigenvalue weighted by Gasteiger charge is -2.46. The van der Waals surface area contributed by atoms with Gasteiger partial charge < -0.3 is 74.4 Å². The van der Waals surface area contributed by atoms with E-state index < -0.39 is 111 Å². The van der Waals surface area contributed by atoms with Crippen LogP contribution in [0.1, 0.15) is 110 Å². The average Bonchev–Trinajstić information content (AvgIpc) is 3.12. The zero-order valence-electron chi connectivity index (χ0n) is 31.4. The van der Waals surface area contributed by atoms with Gasteiger partial charge in [0.1, 0.15) is 62.0 Å². The molecule has 2 saturated heterocycles. The number of hydrogen-bond acceptors (Lipinski definition) is 17. The molecule has 2 aliphatic rings. The number of aliphatic hydroxyl groups excluding tert-OH is 8. The van der Waals surface area contributed by atoms with Gasteiger partial charge in [-0.25, -0.2) is 4.79 Å². The molecular weight excluding hydrogens is 720 g/mol. The third-order valence-electron chi connectivity index (χ3n) is 9.49. The predicted octanol–water partition coefficient (Wildman–Crippen LogP) is -0.212. The Bertz CT molecular complexity index is 1060. The van der Waals surface area contributed by atoms with Gasteiger partial charge in [-0.2, -0.15) is 0 Å². The maximum atomic E-state index is 12.1. The van der Waals surface area contributed by atoms with Crippen LogP contribution in [0.4, 0.5) is 0 Å². The Hall–Kier alpha value is -2.07. The molecule has 2 heterocycles. The van der Waals surface area contributed by atoms with Gasteiger partial charge in [-0.3, -0.25) is 9.59 Å². The number of carboxylic acid groups (broad SMARTS) is 1. The van der Waals surface area contributed by atoms with E-state index in [0.717, 1.165) is 64.7 Å². The molecule has 2 rings (SSSR count). The van der Waals surface area contributed by atoms with Crippen LogP contribution in [-0.2, 0) is 42.8 Å². The molecular formula is C36H64O18. The van der Waals surface area contributed by atoms with E-state index in [1.807, 2.05) is 6.92 Å². The molecule has 18 nitrogen and oxygen atoms in total. The molecule has 0 spiro atoms. The highest BCUT2D eigenvalue weighted by atomic mass is 16.7. The summed E-state index contributed by atoms with van der Waals surface area (Å²) in [6, 6.07) is 0. The summed E-state index contributed by atoms with van der Waals surface area (Å²) in [7, 11) is 0. The summed E-state index contributed by atoms with van der Waals surface area (Å²) in [5, 5.41) is 91.8. The lowest BCUT2D eigenvalue weighted by Crippen LogP contribution is -2.65. The Morgan fingerprint density at radius 3 is 1.74 bits per heavy atom. The molecule has 0 aromatic rings. The second kappa shape index (κ2) is 26.0. The summed E-state index contributed by atoms with van der Waals surface area (Å²) in [6.07, 6.45) is -8.72. The molecule has 0 bridgehead atoms. The Morgan fingerprint density at radius 2 is 1.17 bits per heavy atom. The minimum atomic E-state index is -1.87. The van der Waals surface area contributed by atoms with E-state index in [4.69, 9.17) is 33.5 Å². The van der Waals surface area contributed by atoms with Crippen LogP contribution < -0.4 is 0 Å². The second-order valence-electron chi connectivity index (χ2n) is 14.2. The largest absolute Gasteiger partial charge is 0.479 e. The van der Waals surface area contributed by atoms with Gasteiger partial charge in [-0.15, -0.1) is 0 Å². The summed E-state index contributed by atoms with van der Waals surface area (Å²) < 4.78 is 32.9. The van der Waals surface area contributed by atoms with Gasteiger partial charge in [0.2, 0.25) is 0 Å². The molecule has 9 N–H and O–H groups in total. The third-order valence-corrected chi connectivity index (χ3v) is 9.49. The first-order valence-electron chi connectivity index (χ1n) is 19.2. The van der Waals surface area contributed by atoms with E-state index in [2.05, 4.69) is 0 Å². The predicted molar refractivity (Wildman–Crippen MR) is 186 cm³/mol. The van der Waals surface area contributed by atoms with Gasteiger partial charge in [-0.05, 0) is 19.3 Å². The zero-order chi connectivity index (χ0) is 40.2. The number of unbranched alkanes of at least 4 members (excludes halogenated alkanes) is 9. The Labute approximate surface area is 316 Å². The second-order valence-corrected chi connectivity index (χ2v) is 14.2. The molecule has 0 unspecified atom stereocenters. The Kier molecular flexibility index (Phi) is 23.1. The lowest BCUT2D eigenvalue weighted by molar-refractivity contribution is -0.360. The molecule has 0 amide bonds. The molecule has 13 atom stereocenters. The maximum absolute atomic E-state index is 12.1. The van der Waals surface area contributed by atoms with Crippen LogP contribution in [0.15, 0.2) is 0 Å². The quantitative estimate of drug-likeness (QED) is 0.0385. The first-order valence-corrected chi connectivity index (χ1v) is 19.2. The van der Waals surface area contributed by atoms with E-state index in [9.17, 15) is 55.2 Å². The maximum Gasteiger partial charge on any atom is 0.332 e. The smallest absolute Gasteiger partial charge is 0.332 e. The van der Waals surface area contributed by atoms with Gasteiger partial charge in [0, 0.05) is 6.92 Å². The van der Waals surface area contributed by atoms with Crippen molar-refractivity contribution in [1.29, 1.82) is 0 Å². The van der Waals surface area contributed by atoms with Gasteiger partial charge in [0.25, 0.3) is 0 Å². The van der Waals surface area contributed by atoms with Crippen LogP contribution in [0.2, 0.25) is 0 Å². The molecule has 18 heteroatoms. The van der Waals surface area contributed by atoms with E-state index in [1.165, 1.54) is 0 Å². The molecule has 0 aromatic heterocycles. The topological polar surface area (TPSA) is 289 Å². The van der Waals surface area contributed by atoms with Crippen LogP contribution >= 0.6 is 0 Å². The normalized spacial score (nSPS) is 30.3. The van der Waals surface area contributed by atoms with E-state index in [0.29, 0.717) is 25.7 Å². The molecule has 0 aliphatic carbocycles. The summed E-state index contributed by atoms with van der Waals surface area (Å²) in [6.45, 7) is 1.67. The molecule has 316 valence electrons. The Morgan fingerprint density at radius 1 is 0.630 bits per heavy atom. The van der Waals surface area contributed by atoms with Crippen LogP contribution in [-0.4, -0.2) is 163 Å². The van der Waals surface area contributed by atoms with Crippen LogP contribution in [0.3, 0.4) is 0 Å². The summed E-state index contributed by atoms with van der Waals surface area (Å²) in [5.74, 6) is -2.67. The van der Waals surface area contributed by atoms with Crippen molar-refractivity contribution in [1.82, 2.24) is 0 Å². The number of rotatable bonds is 27. The van der Waals surface area contributed by atoms with Crippen molar-refractivity contribution in [3.63, 3.8) is 0 Å². The minimum Gasteiger partial charge on any atom is -0.479 e. The fourth-order valence-electron chi connectivity index (χ4n) is 6.27. The standard InChI is InChI=1S/C36H64O18/c1-3-14-22(38)17-27(41)50-19-25-28(42)29(43)31(45)36(52-25)54-33-26(20-49-21(2)37)53-35(32(46)30(33)44)51-18-23(39)15-12-10-8-6-4-5-7-9-11-13-16-24(40)34(47)48/h22-26,28-33,35-36,38-40,42-46H,3-20H2,1-2H3,(H,47,48)/t22-,23-,24+,25+,26+,28+,29-,30+,31+,32+,33+,35+,36-/m0/s1. The fraction of sp³-hybridized carbons (Fsp3) is 0.917. The van der Waals surface area contributed by atoms with E-state index >= 15 is 0 Å². The van der Waals surface area contributed by atoms with Crippen molar-refractivity contribution in [2.75, 3.05) is 19.8 Å². The van der Waals surface area contributed by atoms with Crippen molar-refractivity contribution in [3.05, 3.63) is 0 Å². The summed E-state index contributed by atoms with van der Waals surface area (Å²) >= 11 is 0. The van der Waals surface area contributed by atoms with Crippen LogP contribution in [0.5, 0.6) is 0 Å². The number of hydrogen-bond donors (Lipinski definition) is 9. The molecule has 0 saturated carbocycles.